The summed E-state index contributed by atoms with van der Waals surface area (Å²) in [4.78, 5) is 26.0. The van der Waals surface area contributed by atoms with E-state index in [2.05, 4.69) is 45.0 Å². The Kier molecular flexibility index (Phi) is 7.43. The molecular formula is C30H32FNO4. The maximum atomic E-state index is 13.7. The number of fused-ring (bicyclic) bond motifs is 1. The second-order valence-electron chi connectivity index (χ2n) is 10.1. The van der Waals surface area contributed by atoms with Gasteiger partial charge in [-0.05, 0) is 65.4 Å². The van der Waals surface area contributed by atoms with E-state index in [4.69, 9.17) is 9.84 Å². The maximum Gasteiger partial charge on any atom is 0.305 e. The van der Waals surface area contributed by atoms with Crippen LogP contribution in [0.4, 0.5) is 4.39 Å². The average molecular weight is 490 g/mol. The Hall–Kier alpha value is -3.67. The SMILES string of the molecule is CC(C)c1ccc(C[C@]2(C)Cc3cc(C(=O)N(CCC(=O)O)Cc4cccc(F)c4)ccc3O2)cc1. The van der Waals surface area contributed by atoms with Gasteiger partial charge >= 0.3 is 5.97 Å². The second-order valence-corrected chi connectivity index (χ2v) is 10.1. The Morgan fingerprint density at radius 1 is 1.06 bits per heavy atom. The Balaban J connectivity index is 1.50. The molecule has 5 nitrogen and oxygen atoms in total. The third kappa shape index (κ3) is 6.11. The van der Waals surface area contributed by atoms with Crippen LogP contribution in [0.1, 0.15) is 65.7 Å². The number of nitrogens with zero attached hydrogens (tertiary/aromatic N) is 1. The molecule has 1 heterocycles. The fourth-order valence-electron chi connectivity index (χ4n) is 4.73. The predicted molar refractivity (Wildman–Crippen MR) is 137 cm³/mol. The predicted octanol–water partition coefficient (Wildman–Crippen LogP) is 6.00. The highest BCUT2D eigenvalue weighted by Crippen LogP contribution is 2.38. The molecule has 6 heteroatoms. The molecule has 1 atom stereocenters. The molecule has 0 unspecified atom stereocenters. The summed E-state index contributed by atoms with van der Waals surface area (Å²) in [6, 6.07) is 20.0. The minimum atomic E-state index is -0.994. The van der Waals surface area contributed by atoms with Crippen LogP contribution in [0.3, 0.4) is 0 Å². The number of carboxylic acids is 1. The molecule has 0 saturated carbocycles. The Morgan fingerprint density at radius 2 is 1.81 bits per heavy atom. The number of rotatable bonds is 9. The second kappa shape index (κ2) is 10.5. The van der Waals surface area contributed by atoms with Gasteiger partial charge in [-0.2, -0.15) is 0 Å². The molecule has 0 aromatic heterocycles. The van der Waals surface area contributed by atoms with Gasteiger partial charge in [0.1, 0.15) is 17.2 Å². The molecule has 4 rings (SSSR count). The van der Waals surface area contributed by atoms with Crippen molar-refractivity contribution in [3.05, 3.63) is 100 Å². The van der Waals surface area contributed by atoms with Crippen molar-refractivity contribution in [3.8, 4) is 5.75 Å². The fraction of sp³-hybridized carbons (Fsp3) is 0.333. The van der Waals surface area contributed by atoms with Crippen molar-refractivity contribution in [2.45, 2.75) is 58.1 Å². The molecule has 1 aliphatic heterocycles. The van der Waals surface area contributed by atoms with E-state index in [1.807, 2.05) is 12.1 Å². The molecule has 3 aromatic carbocycles. The van der Waals surface area contributed by atoms with Crippen molar-refractivity contribution in [2.24, 2.45) is 0 Å². The van der Waals surface area contributed by atoms with Gasteiger partial charge in [0.2, 0.25) is 0 Å². The van der Waals surface area contributed by atoms with Crippen LogP contribution >= 0.6 is 0 Å². The maximum absolute atomic E-state index is 13.7. The van der Waals surface area contributed by atoms with Gasteiger partial charge in [-0.3, -0.25) is 9.59 Å². The standard InChI is InChI=1S/C30H32FNO4/c1-20(2)23-9-7-21(8-10-23)17-30(3)18-25-16-24(11-12-27(25)36-30)29(35)32(14-13-28(33)34)19-22-5-4-6-26(31)15-22/h4-12,15-16,20H,13-14,17-19H2,1-3H3,(H,33,34)/t30-/m1/s1. The van der Waals surface area contributed by atoms with Crippen LogP contribution in [0.5, 0.6) is 5.75 Å². The topological polar surface area (TPSA) is 66.8 Å². The summed E-state index contributed by atoms with van der Waals surface area (Å²) in [5.41, 5.74) is 4.09. The lowest BCUT2D eigenvalue weighted by Gasteiger charge is -2.24. The van der Waals surface area contributed by atoms with Crippen LogP contribution in [0, 0.1) is 5.82 Å². The van der Waals surface area contributed by atoms with Crippen LogP contribution in [0.25, 0.3) is 0 Å². The van der Waals surface area contributed by atoms with Gasteiger partial charge in [0, 0.05) is 31.5 Å². The monoisotopic (exact) mass is 489 g/mol. The summed E-state index contributed by atoms with van der Waals surface area (Å²) >= 11 is 0. The quantitative estimate of drug-likeness (QED) is 0.400. The van der Waals surface area contributed by atoms with Gasteiger partial charge in [-0.15, -0.1) is 0 Å². The lowest BCUT2D eigenvalue weighted by Crippen LogP contribution is -2.33. The molecule has 3 aromatic rings. The molecule has 0 aliphatic carbocycles. The van der Waals surface area contributed by atoms with E-state index in [0.29, 0.717) is 23.5 Å². The van der Waals surface area contributed by atoms with E-state index in [-0.39, 0.29) is 25.4 Å². The van der Waals surface area contributed by atoms with Crippen LogP contribution in [0.15, 0.2) is 66.7 Å². The zero-order valence-electron chi connectivity index (χ0n) is 21.0. The highest BCUT2D eigenvalue weighted by molar-refractivity contribution is 5.95. The third-order valence-corrected chi connectivity index (χ3v) is 6.60. The van der Waals surface area contributed by atoms with E-state index in [1.165, 1.54) is 28.2 Å². The molecule has 1 amide bonds. The molecular weight excluding hydrogens is 457 g/mol. The number of carbonyl (C=O) groups is 2. The van der Waals surface area contributed by atoms with E-state index < -0.39 is 17.4 Å². The highest BCUT2D eigenvalue weighted by Gasteiger charge is 2.35. The number of benzene rings is 3. The fourth-order valence-corrected chi connectivity index (χ4v) is 4.73. The summed E-state index contributed by atoms with van der Waals surface area (Å²) in [5.74, 6) is -0.442. The number of carboxylic acid groups (broad SMARTS) is 1. The zero-order chi connectivity index (χ0) is 25.9. The summed E-state index contributed by atoms with van der Waals surface area (Å²) in [6.07, 6.45) is 1.21. The number of ether oxygens (including phenoxy) is 1. The highest BCUT2D eigenvalue weighted by atomic mass is 19.1. The van der Waals surface area contributed by atoms with E-state index in [1.54, 1.807) is 18.2 Å². The summed E-state index contributed by atoms with van der Waals surface area (Å²) in [6.45, 7) is 6.58. The van der Waals surface area contributed by atoms with Crippen molar-refractivity contribution in [2.75, 3.05) is 6.54 Å². The number of hydrogen-bond acceptors (Lipinski definition) is 3. The molecule has 0 spiro atoms. The molecule has 0 fully saturated rings. The van der Waals surface area contributed by atoms with Gasteiger partial charge in [-0.1, -0.05) is 50.2 Å². The Labute approximate surface area is 211 Å². The Bertz CT molecular complexity index is 1250. The van der Waals surface area contributed by atoms with Crippen LogP contribution < -0.4 is 4.74 Å². The average Bonchev–Trinajstić information content (AvgIpc) is 3.16. The first-order chi connectivity index (χ1) is 17.1. The largest absolute Gasteiger partial charge is 0.487 e. The van der Waals surface area contributed by atoms with Crippen molar-refractivity contribution in [3.63, 3.8) is 0 Å². The minimum absolute atomic E-state index is 0.0301. The van der Waals surface area contributed by atoms with Gasteiger partial charge in [0.05, 0.1) is 6.42 Å². The van der Waals surface area contributed by atoms with E-state index in [0.717, 1.165) is 17.7 Å². The summed E-state index contributed by atoms with van der Waals surface area (Å²) < 4.78 is 20.0. The minimum Gasteiger partial charge on any atom is -0.487 e. The number of aliphatic carboxylic acids is 1. The van der Waals surface area contributed by atoms with Crippen molar-refractivity contribution >= 4 is 11.9 Å². The van der Waals surface area contributed by atoms with Gasteiger partial charge in [0.15, 0.2) is 0 Å². The molecule has 0 radical (unpaired) electrons. The lowest BCUT2D eigenvalue weighted by molar-refractivity contribution is -0.137. The van der Waals surface area contributed by atoms with Crippen molar-refractivity contribution in [1.29, 1.82) is 0 Å². The zero-order valence-corrected chi connectivity index (χ0v) is 21.0. The normalized spacial score (nSPS) is 16.5. The number of amides is 1. The smallest absolute Gasteiger partial charge is 0.305 e. The molecule has 1 N–H and O–H groups in total. The molecule has 1 aliphatic rings. The van der Waals surface area contributed by atoms with E-state index in [9.17, 15) is 14.0 Å². The van der Waals surface area contributed by atoms with Crippen molar-refractivity contribution < 1.29 is 23.8 Å². The van der Waals surface area contributed by atoms with Crippen LogP contribution in [-0.4, -0.2) is 34.0 Å². The van der Waals surface area contributed by atoms with Crippen molar-refractivity contribution in [1.82, 2.24) is 4.90 Å². The first-order valence-electron chi connectivity index (χ1n) is 12.3. The first kappa shape index (κ1) is 25.4. The van der Waals surface area contributed by atoms with Crippen LogP contribution in [-0.2, 0) is 24.2 Å². The van der Waals surface area contributed by atoms with E-state index >= 15 is 0 Å². The third-order valence-electron chi connectivity index (χ3n) is 6.60. The van der Waals surface area contributed by atoms with Gasteiger partial charge < -0.3 is 14.7 Å². The van der Waals surface area contributed by atoms with Gasteiger partial charge in [-0.25, -0.2) is 4.39 Å². The molecule has 0 bridgehead atoms. The summed E-state index contributed by atoms with van der Waals surface area (Å²) in [5, 5.41) is 9.16. The first-order valence-corrected chi connectivity index (χ1v) is 12.3. The Morgan fingerprint density at radius 3 is 2.47 bits per heavy atom. The molecule has 0 saturated heterocycles. The number of halogens is 1. The van der Waals surface area contributed by atoms with Gasteiger partial charge in [0.25, 0.3) is 5.91 Å². The lowest BCUT2D eigenvalue weighted by atomic mass is 9.90. The molecule has 36 heavy (non-hydrogen) atoms. The number of carbonyl (C=O) groups excluding carboxylic acids is 1. The van der Waals surface area contributed by atoms with Crippen LogP contribution in [0.2, 0.25) is 0 Å². The summed E-state index contributed by atoms with van der Waals surface area (Å²) in [7, 11) is 0. The molecule has 188 valence electrons. The number of hydrogen-bond donors (Lipinski definition) is 1.